The molecule has 2 aromatic carbocycles. The summed E-state index contributed by atoms with van der Waals surface area (Å²) >= 11 is 0. The van der Waals surface area contributed by atoms with Gasteiger partial charge in [-0.25, -0.2) is 0 Å². The molecule has 2 aliphatic heterocycles. The molecule has 0 unspecified atom stereocenters. The molecule has 0 atom stereocenters. The third-order valence-electron chi connectivity index (χ3n) is 6.93. The van der Waals surface area contributed by atoms with Gasteiger partial charge in [0.15, 0.2) is 0 Å². The van der Waals surface area contributed by atoms with Crippen LogP contribution in [-0.2, 0) is 22.4 Å². The SMILES string of the molecule is CCc1c(C(N)=O)cc(N(CC)C2CCOCC2)cc1-c1ccc(CN2CCOCC2)cc1. The maximum absolute atomic E-state index is 12.4. The molecule has 6 nitrogen and oxygen atoms in total. The molecular formula is C27H37N3O3. The number of benzene rings is 2. The van der Waals surface area contributed by atoms with E-state index in [0.29, 0.717) is 11.6 Å². The summed E-state index contributed by atoms with van der Waals surface area (Å²) in [5, 5.41) is 0. The number of morpholine rings is 1. The van der Waals surface area contributed by atoms with Crippen LogP contribution < -0.4 is 10.6 Å². The zero-order chi connectivity index (χ0) is 23.2. The molecule has 2 N–H and O–H groups in total. The fraction of sp³-hybridized carbons (Fsp3) is 0.519. The van der Waals surface area contributed by atoms with Crippen molar-refractivity contribution in [1.29, 1.82) is 0 Å². The standard InChI is InChI=1S/C27H37N3O3/c1-3-24-25(21-7-5-20(6-8-21)19-29-11-15-33-16-12-29)17-23(18-26(24)27(28)31)30(4-2)22-9-13-32-14-10-22/h5-8,17-18,22H,3-4,9-16,19H2,1-2H3,(H2,28,31). The van der Waals surface area contributed by atoms with Crippen molar-refractivity contribution in [1.82, 2.24) is 4.90 Å². The highest BCUT2D eigenvalue weighted by Crippen LogP contribution is 2.34. The first kappa shape index (κ1) is 23.7. The van der Waals surface area contributed by atoms with E-state index in [9.17, 15) is 4.79 Å². The lowest BCUT2D eigenvalue weighted by atomic mass is 9.91. The summed E-state index contributed by atoms with van der Waals surface area (Å²) in [4.78, 5) is 17.3. The number of rotatable bonds is 8. The smallest absolute Gasteiger partial charge is 0.249 e. The van der Waals surface area contributed by atoms with Crippen molar-refractivity contribution in [3.8, 4) is 11.1 Å². The first-order valence-corrected chi connectivity index (χ1v) is 12.3. The number of carbonyl (C=O) groups is 1. The summed E-state index contributed by atoms with van der Waals surface area (Å²) in [6.07, 6.45) is 2.76. The molecule has 0 aliphatic carbocycles. The second kappa shape index (κ2) is 11.1. The largest absolute Gasteiger partial charge is 0.381 e. The highest BCUT2D eigenvalue weighted by atomic mass is 16.5. The van der Waals surface area contributed by atoms with Gasteiger partial charge in [-0.1, -0.05) is 31.2 Å². The van der Waals surface area contributed by atoms with E-state index in [0.717, 1.165) is 94.2 Å². The van der Waals surface area contributed by atoms with E-state index >= 15 is 0 Å². The number of carbonyl (C=O) groups excluding carboxylic acids is 1. The topological polar surface area (TPSA) is 68.0 Å². The summed E-state index contributed by atoms with van der Waals surface area (Å²) in [6, 6.07) is 13.4. The van der Waals surface area contributed by atoms with Gasteiger partial charge in [0.1, 0.15) is 0 Å². The quantitative estimate of drug-likeness (QED) is 0.660. The van der Waals surface area contributed by atoms with Gasteiger partial charge >= 0.3 is 0 Å². The number of amides is 1. The molecule has 2 aromatic rings. The van der Waals surface area contributed by atoms with Crippen LogP contribution in [0.5, 0.6) is 0 Å². The van der Waals surface area contributed by atoms with Crippen LogP contribution in [0.2, 0.25) is 0 Å². The fourth-order valence-electron chi connectivity index (χ4n) is 5.14. The Labute approximate surface area is 197 Å². The Bertz CT molecular complexity index is 932. The van der Waals surface area contributed by atoms with Crippen molar-refractivity contribution in [3.63, 3.8) is 0 Å². The van der Waals surface area contributed by atoms with E-state index in [4.69, 9.17) is 15.2 Å². The van der Waals surface area contributed by atoms with Crippen LogP contribution in [0, 0.1) is 0 Å². The van der Waals surface area contributed by atoms with Crippen LogP contribution in [0.3, 0.4) is 0 Å². The first-order chi connectivity index (χ1) is 16.1. The molecule has 2 aliphatic rings. The molecule has 2 heterocycles. The monoisotopic (exact) mass is 451 g/mol. The van der Waals surface area contributed by atoms with E-state index in [1.807, 2.05) is 6.07 Å². The second-order valence-electron chi connectivity index (χ2n) is 8.95. The van der Waals surface area contributed by atoms with Gasteiger partial charge in [0.2, 0.25) is 5.91 Å². The van der Waals surface area contributed by atoms with Crippen LogP contribution in [0.1, 0.15) is 48.2 Å². The molecule has 0 spiro atoms. The summed E-state index contributed by atoms with van der Waals surface area (Å²) in [7, 11) is 0. The molecule has 1 amide bonds. The zero-order valence-electron chi connectivity index (χ0n) is 20.0. The van der Waals surface area contributed by atoms with Crippen molar-refractivity contribution >= 4 is 11.6 Å². The number of nitrogens with two attached hydrogens (primary N) is 1. The Balaban J connectivity index is 1.67. The Morgan fingerprint density at radius 3 is 2.30 bits per heavy atom. The van der Waals surface area contributed by atoms with Crippen molar-refractivity contribution in [3.05, 3.63) is 53.1 Å². The number of hydrogen-bond donors (Lipinski definition) is 1. The fourth-order valence-corrected chi connectivity index (χ4v) is 5.14. The van der Waals surface area contributed by atoms with Crippen molar-refractivity contribution < 1.29 is 14.3 Å². The van der Waals surface area contributed by atoms with E-state index in [1.54, 1.807) is 0 Å². The van der Waals surface area contributed by atoms with Crippen molar-refractivity contribution in [2.24, 2.45) is 5.73 Å². The molecule has 2 fully saturated rings. The maximum atomic E-state index is 12.4. The van der Waals surface area contributed by atoms with Crippen molar-refractivity contribution in [2.75, 3.05) is 51.0 Å². The second-order valence-corrected chi connectivity index (χ2v) is 8.95. The molecule has 0 aromatic heterocycles. The van der Waals surface area contributed by atoms with Crippen LogP contribution in [0.4, 0.5) is 5.69 Å². The van der Waals surface area contributed by atoms with Crippen LogP contribution in [-0.4, -0.2) is 62.9 Å². The summed E-state index contributed by atoms with van der Waals surface area (Å²) < 4.78 is 11.0. The third-order valence-corrected chi connectivity index (χ3v) is 6.93. The molecule has 0 saturated carbocycles. The van der Waals surface area contributed by atoms with E-state index in [1.165, 1.54) is 5.56 Å². The number of anilines is 1. The number of primary amides is 1. The lowest BCUT2D eigenvalue weighted by Gasteiger charge is -2.36. The van der Waals surface area contributed by atoms with E-state index in [2.05, 4.69) is 54.0 Å². The Hall–Kier alpha value is -2.41. The number of ether oxygens (including phenoxy) is 2. The van der Waals surface area contributed by atoms with Gasteiger partial charge in [0.25, 0.3) is 0 Å². The number of nitrogens with zero attached hydrogens (tertiary/aromatic N) is 2. The number of hydrogen-bond acceptors (Lipinski definition) is 5. The molecule has 4 rings (SSSR count). The van der Waals surface area contributed by atoms with Crippen LogP contribution >= 0.6 is 0 Å². The summed E-state index contributed by atoms with van der Waals surface area (Å²) in [5.74, 6) is -0.359. The van der Waals surface area contributed by atoms with Gasteiger partial charge in [-0.2, -0.15) is 0 Å². The molecule has 6 heteroatoms. The van der Waals surface area contributed by atoms with E-state index in [-0.39, 0.29) is 5.91 Å². The summed E-state index contributed by atoms with van der Waals surface area (Å²) in [5.41, 5.74) is 12.1. The molecule has 0 radical (unpaired) electrons. The molecule has 178 valence electrons. The molecule has 33 heavy (non-hydrogen) atoms. The predicted octanol–water partition coefficient (Wildman–Crippen LogP) is 3.85. The van der Waals surface area contributed by atoms with Gasteiger partial charge in [0.05, 0.1) is 13.2 Å². The van der Waals surface area contributed by atoms with Crippen LogP contribution in [0.25, 0.3) is 11.1 Å². The summed E-state index contributed by atoms with van der Waals surface area (Å²) in [6.45, 7) is 11.2. The lowest BCUT2D eigenvalue weighted by molar-refractivity contribution is 0.0342. The minimum absolute atomic E-state index is 0.359. The Kier molecular flexibility index (Phi) is 8.02. The maximum Gasteiger partial charge on any atom is 0.249 e. The average molecular weight is 452 g/mol. The van der Waals surface area contributed by atoms with Gasteiger partial charge in [-0.3, -0.25) is 9.69 Å². The highest BCUT2D eigenvalue weighted by molar-refractivity contribution is 5.98. The zero-order valence-corrected chi connectivity index (χ0v) is 20.0. The van der Waals surface area contributed by atoms with Gasteiger partial charge in [-0.15, -0.1) is 0 Å². The van der Waals surface area contributed by atoms with E-state index < -0.39 is 0 Å². The molecular weight excluding hydrogens is 414 g/mol. The minimum Gasteiger partial charge on any atom is -0.381 e. The lowest BCUT2D eigenvalue weighted by Crippen LogP contribution is -2.39. The first-order valence-electron chi connectivity index (χ1n) is 12.3. The van der Waals surface area contributed by atoms with Gasteiger partial charge in [-0.05, 0) is 60.6 Å². The van der Waals surface area contributed by atoms with Gasteiger partial charge in [0, 0.05) is 56.7 Å². The molecule has 2 saturated heterocycles. The minimum atomic E-state index is -0.359. The molecule has 0 bridgehead atoms. The highest BCUT2D eigenvalue weighted by Gasteiger charge is 2.24. The normalized spacial score (nSPS) is 17.8. The van der Waals surface area contributed by atoms with Crippen molar-refractivity contribution in [2.45, 2.75) is 45.7 Å². The van der Waals surface area contributed by atoms with Gasteiger partial charge < -0.3 is 20.1 Å². The third kappa shape index (κ3) is 5.57. The average Bonchev–Trinajstić information content (AvgIpc) is 2.85. The predicted molar refractivity (Wildman–Crippen MR) is 133 cm³/mol. The Morgan fingerprint density at radius 1 is 1.03 bits per heavy atom. The van der Waals surface area contributed by atoms with Crippen LogP contribution in [0.15, 0.2) is 36.4 Å². The Morgan fingerprint density at radius 2 is 1.70 bits per heavy atom.